The first-order valence-corrected chi connectivity index (χ1v) is 7.55. The van der Waals surface area contributed by atoms with E-state index in [1.54, 1.807) is 24.3 Å². The molecule has 3 aromatic rings. The van der Waals surface area contributed by atoms with Crippen molar-refractivity contribution in [1.29, 1.82) is 10.5 Å². The fraction of sp³-hybridized carbons (Fsp3) is 0.105. The maximum absolute atomic E-state index is 8.93. The lowest BCUT2D eigenvalue weighted by Crippen LogP contribution is -2.14. The topological polar surface area (TPSA) is 89.5 Å². The number of hydrogen-bond acceptors (Lipinski definition) is 6. The highest BCUT2D eigenvalue weighted by atomic mass is 15.2. The molecule has 0 spiro atoms. The van der Waals surface area contributed by atoms with Crippen LogP contribution in [0, 0.1) is 22.7 Å². The van der Waals surface area contributed by atoms with E-state index in [4.69, 9.17) is 10.5 Å². The van der Waals surface area contributed by atoms with Gasteiger partial charge in [-0.15, -0.1) is 0 Å². The van der Waals surface area contributed by atoms with Gasteiger partial charge >= 0.3 is 0 Å². The van der Waals surface area contributed by atoms with Crippen LogP contribution >= 0.6 is 0 Å². The van der Waals surface area contributed by atoms with Gasteiger partial charge in [-0.3, -0.25) is 0 Å². The third-order valence-electron chi connectivity index (χ3n) is 3.57. The highest BCUT2D eigenvalue weighted by molar-refractivity contribution is 5.64. The molecule has 0 atom stereocenters. The van der Waals surface area contributed by atoms with Gasteiger partial charge in [0.05, 0.1) is 23.3 Å². The second-order valence-electron chi connectivity index (χ2n) is 5.56. The Kier molecular flexibility index (Phi) is 4.36. The number of hydrogen-bond donors (Lipinski definition) is 0. The third-order valence-corrected chi connectivity index (χ3v) is 3.57. The van der Waals surface area contributed by atoms with Crippen molar-refractivity contribution >= 4 is 5.95 Å². The molecule has 0 aliphatic heterocycles. The van der Waals surface area contributed by atoms with Crippen molar-refractivity contribution in [3.05, 3.63) is 59.7 Å². The van der Waals surface area contributed by atoms with Crippen LogP contribution in [0.4, 0.5) is 5.95 Å². The quantitative estimate of drug-likeness (QED) is 0.735. The second-order valence-corrected chi connectivity index (χ2v) is 5.56. The van der Waals surface area contributed by atoms with Crippen LogP contribution in [0.25, 0.3) is 22.8 Å². The van der Waals surface area contributed by atoms with E-state index in [9.17, 15) is 0 Å². The van der Waals surface area contributed by atoms with Gasteiger partial charge in [-0.1, -0.05) is 0 Å². The van der Waals surface area contributed by atoms with Crippen LogP contribution in [0.1, 0.15) is 11.1 Å². The second kappa shape index (κ2) is 6.77. The van der Waals surface area contributed by atoms with Crippen LogP contribution < -0.4 is 4.90 Å². The number of anilines is 1. The molecule has 1 heterocycles. The Morgan fingerprint density at radius 2 is 1.08 bits per heavy atom. The van der Waals surface area contributed by atoms with Gasteiger partial charge in [0, 0.05) is 25.2 Å². The molecule has 0 aliphatic rings. The molecule has 0 aliphatic carbocycles. The molecule has 0 fully saturated rings. The van der Waals surface area contributed by atoms with Gasteiger partial charge in [-0.2, -0.15) is 20.5 Å². The lowest BCUT2D eigenvalue weighted by atomic mass is 10.1. The number of aromatic nitrogens is 3. The molecule has 6 nitrogen and oxygen atoms in total. The average molecular weight is 326 g/mol. The fourth-order valence-electron chi connectivity index (χ4n) is 2.21. The maximum atomic E-state index is 8.93. The van der Waals surface area contributed by atoms with E-state index in [0.717, 1.165) is 11.1 Å². The lowest BCUT2D eigenvalue weighted by Gasteiger charge is -2.13. The molecular weight excluding hydrogens is 312 g/mol. The summed E-state index contributed by atoms with van der Waals surface area (Å²) >= 11 is 0. The van der Waals surface area contributed by atoms with Crippen LogP contribution in [0.5, 0.6) is 0 Å². The predicted octanol–water partition coefficient (Wildman–Crippen LogP) is 3.01. The van der Waals surface area contributed by atoms with Gasteiger partial charge in [-0.05, 0) is 48.5 Å². The molecule has 0 unspecified atom stereocenters. The molecule has 25 heavy (non-hydrogen) atoms. The Bertz CT molecular complexity index is 901. The van der Waals surface area contributed by atoms with Crippen molar-refractivity contribution in [3.8, 4) is 34.9 Å². The first kappa shape index (κ1) is 16.1. The van der Waals surface area contributed by atoms with Gasteiger partial charge in [0.2, 0.25) is 5.95 Å². The zero-order chi connectivity index (χ0) is 17.8. The van der Waals surface area contributed by atoms with Crippen LogP contribution in [0.2, 0.25) is 0 Å². The Morgan fingerprint density at radius 1 is 0.680 bits per heavy atom. The van der Waals surface area contributed by atoms with Crippen molar-refractivity contribution < 1.29 is 0 Å². The largest absolute Gasteiger partial charge is 0.347 e. The predicted molar refractivity (Wildman–Crippen MR) is 94.5 cm³/mol. The highest BCUT2D eigenvalue weighted by Gasteiger charge is 2.12. The van der Waals surface area contributed by atoms with Crippen LogP contribution in [-0.4, -0.2) is 29.0 Å². The van der Waals surface area contributed by atoms with Crippen LogP contribution in [-0.2, 0) is 0 Å². The van der Waals surface area contributed by atoms with Crippen molar-refractivity contribution in [2.45, 2.75) is 0 Å². The molecule has 0 N–H and O–H groups in total. The first-order chi connectivity index (χ1) is 12.1. The molecule has 0 amide bonds. The molecule has 1 aromatic heterocycles. The fourth-order valence-corrected chi connectivity index (χ4v) is 2.21. The summed E-state index contributed by atoms with van der Waals surface area (Å²) in [6, 6.07) is 18.4. The monoisotopic (exact) mass is 326 g/mol. The number of benzene rings is 2. The Morgan fingerprint density at radius 3 is 1.40 bits per heavy atom. The first-order valence-electron chi connectivity index (χ1n) is 7.55. The smallest absolute Gasteiger partial charge is 0.228 e. The van der Waals surface area contributed by atoms with Crippen molar-refractivity contribution in [2.24, 2.45) is 0 Å². The van der Waals surface area contributed by atoms with E-state index in [1.807, 2.05) is 43.3 Å². The zero-order valence-corrected chi connectivity index (χ0v) is 13.8. The molecule has 0 radical (unpaired) electrons. The van der Waals surface area contributed by atoms with E-state index >= 15 is 0 Å². The van der Waals surface area contributed by atoms with Crippen molar-refractivity contribution in [1.82, 2.24) is 15.0 Å². The summed E-state index contributed by atoms with van der Waals surface area (Å²) in [6.45, 7) is 0. The third kappa shape index (κ3) is 3.44. The number of rotatable bonds is 3. The molecule has 3 rings (SSSR count). The SMILES string of the molecule is CN(C)c1nc(-c2ccc(C#N)cc2)nc(-c2ccc(C#N)cc2)n1. The molecule has 0 bridgehead atoms. The lowest BCUT2D eigenvalue weighted by molar-refractivity contribution is 0.967. The molecule has 6 heteroatoms. The van der Waals surface area contributed by atoms with Gasteiger partial charge in [0.15, 0.2) is 11.6 Å². The number of nitriles is 2. The van der Waals surface area contributed by atoms with Crippen LogP contribution in [0.3, 0.4) is 0 Å². The molecule has 2 aromatic carbocycles. The summed E-state index contributed by atoms with van der Waals surface area (Å²) in [5, 5.41) is 17.9. The molecule has 120 valence electrons. The summed E-state index contributed by atoms with van der Waals surface area (Å²) in [7, 11) is 3.72. The van der Waals surface area contributed by atoms with E-state index < -0.39 is 0 Å². The Hall–Kier alpha value is -3.77. The van der Waals surface area contributed by atoms with Gasteiger partial charge in [0.1, 0.15) is 0 Å². The summed E-state index contributed by atoms with van der Waals surface area (Å²) in [4.78, 5) is 15.3. The summed E-state index contributed by atoms with van der Waals surface area (Å²) in [6.07, 6.45) is 0. The van der Waals surface area contributed by atoms with E-state index in [-0.39, 0.29) is 0 Å². The van der Waals surface area contributed by atoms with Gasteiger partial charge < -0.3 is 4.90 Å². The Balaban J connectivity index is 2.11. The molecule has 0 saturated carbocycles. The van der Waals surface area contributed by atoms with Crippen LogP contribution in [0.15, 0.2) is 48.5 Å². The van der Waals surface area contributed by atoms with Crippen molar-refractivity contribution in [2.75, 3.05) is 19.0 Å². The Labute approximate surface area is 145 Å². The normalized spacial score (nSPS) is 9.92. The van der Waals surface area contributed by atoms with Gasteiger partial charge in [-0.25, -0.2) is 4.98 Å². The van der Waals surface area contributed by atoms with Gasteiger partial charge in [0.25, 0.3) is 0 Å². The summed E-state index contributed by atoms with van der Waals surface area (Å²) in [5.74, 6) is 1.60. The van der Waals surface area contributed by atoms with E-state index in [2.05, 4.69) is 27.1 Å². The van der Waals surface area contributed by atoms with E-state index in [0.29, 0.717) is 28.7 Å². The average Bonchev–Trinajstić information content (AvgIpc) is 2.67. The minimum Gasteiger partial charge on any atom is -0.347 e. The molecular formula is C19H14N6. The van der Waals surface area contributed by atoms with Crippen molar-refractivity contribution in [3.63, 3.8) is 0 Å². The minimum absolute atomic E-state index is 0.530. The highest BCUT2D eigenvalue weighted by Crippen LogP contribution is 2.23. The molecule has 0 saturated heterocycles. The maximum Gasteiger partial charge on any atom is 0.228 e. The van der Waals surface area contributed by atoms with E-state index in [1.165, 1.54) is 0 Å². The standard InChI is InChI=1S/C19H14N6/c1-25(2)19-23-17(15-7-3-13(11-20)4-8-15)22-18(24-19)16-9-5-14(12-21)6-10-16/h3-10H,1-2H3. The minimum atomic E-state index is 0.530. The number of nitrogens with zero attached hydrogens (tertiary/aromatic N) is 6. The summed E-state index contributed by atoms with van der Waals surface area (Å²) in [5.41, 5.74) is 2.77. The summed E-state index contributed by atoms with van der Waals surface area (Å²) < 4.78 is 0. The zero-order valence-electron chi connectivity index (χ0n) is 13.8.